The molecule has 0 bridgehead atoms. The lowest BCUT2D eigenvalue weighted by atomic mass is 10.1. The van der Waals surface area contributed by atoms with Crippen molar-refractivity contribution in [3.63, 3.8) is 0 Å². The van der Waals surface area contributed by atoms with Gasteiger partial charge in [0.2, 0.25) is 5.91 Å². The maximum atomic E-state index is 12.2. The number of rotatable bonds is 3. The van der Waals surface area contributed by atoms with E-state index in [1.807, 2.05) is 31.3 Å². The number of carbonyl (C=O) groups is 2. The standard InChI is InChI=1S/C15H22N4O2/c1-11(16-2)12-3-5-13(6-4-12)18-15(21)19-9-7-14(20)17-8-10-19/h3-6,11,16H,7-10H2,1-2H3,(H,17,20)(H,18,21). The third-order valence-electron chi connectivity index (χ3n) is 3.69. The maximum absolute atomic E-state index is 12.2. The summed E-state index contributed by atoms with van der Waals surface area (Å²) in [5, 5.41) is 8.79. The molecule has 0 aromatic heterocycles. The quantitative estimate of drug-likeness (QED) is 0.786. The van der Waals surface area contributed by atoms with Gasteiger partial charge in [0.15, 0.2) is 0 Å². The van der Waals surface area contributed by atoms with Crippen molar-refractivity contribution in [3.05, 3.63) is 29.8 Å². The van der Waals surface area contributed by atoms with E-state index in [9.17, 15) is 9.59 Å². The number of nitrogens with one attached hydrogen (secondary N) is 3. The number of benzene rings is 1. The summed E-state index contributed by atoms with van der Waals surface area (Å²) in [5.41, 5.74) is 1.93. The Bertz CT molecular complexity index is 501. The molecule has 3 N–H and O–H groups in total. The predicted molar refractivity (Wildman–Crippen MR) is 82.1 cm³/mol. The molecular weight excluding hydrogens is 268 g/mol. The molecule has 1 aromatic rings. The first-order chi connectivity index (χ1) is 10.1. The maximum Gasteiger partial charge on any atom is 0.321 e. The van der Waals surface area contributed by atoms with Gasteiger partial charge in [-0.25, -0.2) is 4.79 Å². The summed E-state index contributed by atoms with van der Waals surface area (Å²) in [6.07, 6.45) is 0.353. The van der Waals surface area contributed by atoms with Gasteiger partial charge >= 0.3 is 6.03 Å². The van der Waals surface area contributed by atoms with Crippen molar-refractivity contribution in [1.29, 1.82) is 0 Å². The predicted octanol–water partition coefficient (Wildman–Crippen LogP) is 1.32. The second-order valence-electron chi connectivity index (χ2n) is 5.15. The van der Waals surface area contributed by atoms with Crippen molar-refractivity contribution in [1.82, 2.24) is 15.5 Å². The van der Waals surface area contributed by atoms with Crippen molar-refractivity contribution in [2.45, 2.75) is 19.4 Å². The van der Waals surface area contributed by atoms with Crippen LogP contribution in [0.3, 0.4) is 0 Å². The molecule has 1 atom stereocenters. The molecule has 0 aliphatic carbocycles. The zero-order valence-corrected chi connectivity index (χ0v) is 12.5. The Kier molecular flexibility index (Phi) is 5.16. The Morgan fingerprint density at radius 3 is 2.67 bits per heavy atom. The van der Waals surface area contributed by atoms with Gasteiger partial charge < -0.3 is 20.9 Å². The zero-order valence-electron chi connectivity index (χ0n) is 12.5. The van der Waals surface area contributed by atoms with Gasteiger partial charge in [-0.2, -0.15) is 0 Å². The van der Waals surface area contributed by atoms with Crippen molar-refractivity contribution >= 4 is 17.6 Å². The number of hydrogen-bond acceptors (Lipinski definition) is 3. The molecule has 0 spiro atoms. The van der Waals surface area contributed by atoms with Crippen LogP contribution in [0.2, 0.25) is 0 Å². The second kappa shape index (κ2) is 7.08. The Morgan fingerprint density at radius 2 is 2.00 bits per heavy atom. The van der Waals surface area contributed by atoms with Gasteiger partial charge in [-0.05, 0) is 31.7 Å². The van der Waals surface area contributed by atoms with Crippen LogP contribution in [0.1, 0.15) is 24.9 Å². The van der Waals surface area contributed by atoms with Crippen LogP contribution in [0.15, 0.2) is 24.3 Å². The third-order valence-corrected chi connectivity index (χ3v) is 3.69. The molecular formula is C15H22N4O2. The summed E-state index contributed by atoms with van der Waals surface area (Å²) in [4.78, 5) is 25.1. The van der Waals surface area contributed by atoms with Crippen LogP contribution in [0.4, 0.5) is 10.5 Å². The van der Waals surface area contributed by atoms with Crippen LogP contribution in [0.5, 0.6) is 0 Å². The lowest BCUT2D eigenvalue weighted by Crippen LogP contribution is -2.37. The van der Waals surface area contributed by atoms with Crippen LogP contribution in [-0.4, -0.2) is 43.5 Å². The van der Waals surface area contributed by atoms with E-state index in [1.165, 1.54) is 5.56 Å². The summed E-state index contributed by atoms with van der Waals surface area (Å²) >= 11 is 0. The number of anilines is 1. The van der Waals surface area contributed by atoms with Crippen molar-refractivity contribution in [2.75, 3.05) is 32.0 Å². The van der Waals surface area contributed by atoms with Gasteiger partial charge in [0.25, 0.3) is 0 Å². The van der Waals surface area contributed by atoms with E-state index in [0.717, 1.165) is 5.69 Å². The first-order valence-corrected chi connectivity index (χ1v) is 7.20. The molecule has 1 saturated heterocycles. The van der Waals surface area contributed by atoms with Gasteiger partial charge in [-0.15, -0.1) is 0 Å². The van der Waals surface area contributed by atoms with Gasteiger partial charge in [0.05, 0.1) is 0 Å². The van der Waals surface area contributed by atoms with Crippen LogP contribution in [0.25, 0.3) is 0 Å². The topological polar surface area (TPSA) is 73.5 Å². The molecule has 2 rings (SSSR count). The molecule has 0 radical (unpaired) electrons. The van der Waals surface area contributed by atoms with E-state index >= 15 is 0 Å². The minimum Gasteiger partial charge on any atom is -0.354 e. The fraction of sp³-hybridized carbons (Fsp3) is 0.467. The third kappa shape index (κ3) is 4.19. The Hall–Kier alpha value is -2.08. The van der Waals surface area contributed by atoms with Crippen molar-refractivity contribution < 1.29 is 9.59 Å². The molecule has 6 heteroatoms. The number of urea groups is 1. The van der Waals surface area contributed by atoms with E-state index in [4.69, 9.17) is 0 Å². The SMILES string of the molecule is CNC(C)c1ccc(NC(=O)N2CCNC(=O)CC2)cc1. The lowest BCUT2D eigenvalue weighted by Gasteiger charge is -2.20. The first-order valence-electron chi connectivity index (χ1n) is 7.20. The number of hydrogen-bond donors (Lipinski definition) is 3. The van der Waals surface area contributed by atoms with Crippen LogP contribution < -0.4 is 16.0 Å². The summed E-state index contributed by atoms with van der Waals surface area (Å²) in [6.45, 7) is 3.57. The summed E-state index contributed by atoms with van der Waals surface area (Å²) in [7, 11) is 1.91. The van der Waals surface area contributed by atoms with E-state index in [1.54, 1.807) is 4.90 Å². The average molecular weight is 290 g/mol. The van der Waals surface area contributed by atoms with Crippen LogP contribution in [0, 0.1) is 0 Å². The highest BCUT2D eigenvalue weighted by atomic mass is 16.2. The minimum absolute atomic E-state index is 0.00398. The molecule has 1 aromatic carbocycles. The molecule has 1 aliphatic heterocycles. The van der Waals surface area contributed by atoms with Gasteiger partial charge in [0, 0.05) is 37.8 Å². The van der Waals surface area contributed by atoms with Crippen molar-refractivity contribution in [3.8, 4) is 0 Å². The van der Waals surface area contributed by atoms with E-state index in [0.29, 0.717) is 26.1 Å². The number of carbonyl (C=O) groups excluding carboxylic acids is 2. The van der Waals surface area contributed by atoms with Crippen LogP contribution >= 0.6 is 0 Å². The van der Waals surface area contributed by atoms with Gasteiger partial charge in [-0.3, -0.25) is 4.79 Å². The molecule has 1 aliphatic rings. The molecule has 21 heavy (non-hydrogen) atoms. The van der Waals surface area contributed by atoms with Gasteiger partial charge in [0.1, 0.15) is 0 Å². The summed E-state index contributed by atoms with van der Waals surface area (Å²) in [5.74, 6) is -0.00398. The summed E-state index contributed by atoms with van der Waals surface area (Å²) in [6, 6.07) is 7.87. The molecule has 6 nitrogen and oxygen atoms in total. The van der Waals surface area contributed by atoms with Crippen molar-refractivity contribution in [2.24, 2.45) is 0 Å². The zero-order chi connectivity index (χ0) is 15.2. The molecule has 0 saturated carbocycles. The Balaban J connectivity index is 1.94. The fourth-order valence-corrected chi connectivity index (χ4v) is 2.19. The lowest BCUT2D eigenvalue weighted by molar-refractivity contribution is -0.120. The van der Waals surface area contributed by atoms with E-state index in [2.05, 4.69) is 22.9 Å². The highest BCUT2D eigenvalue weighted by Crippen LogP contribution is 2.16. The largest absolute Gasteiger partial charge is 0.354 e. The van der Waals surface area contributed by atoms with Gasteiger partial charge in [-0.1, -0.05) is 12.1 Å². The van der Waals surface area contributed by atoms with Crippen LogP contribution in [-0.2, 0) is 4.79 Å². The highest BCUT2D eigenvalue weighted by molar-refractivity contribution is 5.90. The highest BCUT2D eigenvalue weighted by Gasteiger charge is 2.18. The Morgan fingerprint density at radius 1 is 1.29 bits per heavy atom. The normalized spacial score (nSPS) is 16.9. The number of nitrogens with zero attached hydrogens (tertiary/aromatic N) is 1. The molecule has 3 amide bonds. The molecule has 1 heterocycles. The fourth-order valence-electron chi connectivity index (χ4n) is 2.19. The van der Waals surface area contributed by atoms with E-state index in [-0.39, 0.29) is 18.0 Å². The first kappa shape index (κ1) is 15.3. The number of amides is 3. The average Bonchev–Trinajstić information content (AvgIpc) is 2.72. The molecule has 1 fully saturated rings. The smallest absolute Gasteiger partial charge is 0.321 e. The molecule has 1 unspecified atom stereocenters. The summed E-state index contributed by atoms with van der Waals surface area (Å²) < 4.78 is 0. The Labute approximate surface area is 124 Å². The monoisotopic (exact) mass is 290 g/mol. The minimum atomic E-state index is -0.166. The molecule has 114 valence electrons. The van der Waals surface area contributed by atoms with E-state index < -0.39 is 0 Å². The second-order valence-corrected chi connectivity index (χ2v) is 5.15.